The van der Waals surface area contributed by atoms with Crippen molar-refractivity contribution in [3.8, 4) is 5.75 Å². The van der Waals surface area contributed by atoms with Crippen LogP contribution in [0.25, 0.3) is 0 Å². The number of halogens is 2. The Morgan fingerprint density at radius 2 is 1.88 bits per heavy atom. The molecule has 1 fully saturated rings. The van der Waals surface area contributed by atoms with Crippen molar-refractivity contribution in [3.05, 3.63) is 46.4 Å². The second kappa shape index (κ2) is 10.0. The minimum atomic E-state index is -0.514. The number of nitrogens with one attached hydrogen (secondary N) is 1. The fourth-order valence-corrected chi connectivity index (χ4v) is 4.84. The zero-order valence-corrected chi connectivity index (χ0v) is 21.4. The molecule has 5 nitrogen and oxygen atoms in total. The SMILES string of the molecule is COc1[c]c(Sc2cccc(Cl)c2Cl)ccc1N1CCC(C)(NC(=O)OC(C)(C)C)CC1. The van der Waals surface area contributed by atoms with E-state index in [4.69, 9.17) is 32.7 Å². The van der Waals surface area contributed by atoms with E-state index in [9.17, 15) is 4.79 Å². The largest absolute Gasteiger partial charge is 0.494 e. The van der Waals surface area contributed by atoms with Crippen LogP contribution in [0.1, 0.15) is 40.5 Å². The molecule has 1 amide bonds. The fraction of sp³-hybridized carbons (Fsp3) is 0.458. The van der Waals surface area contributed by atoms with Crippen LogP contribution in [-0.2, 0) is 4.74 Å². The Bertz CT molecular complexity index is 970. The topological polar surface area (TPSA) is 50.8 Å². The lowest BCUT2D eigenvalue weighted by Gasteiger charge is -2.41. The number of amides is 1. The van der Waals surface area contributed by atoms with Crippen molar-refractivity contribution < 1.29 is 14.3 Å². The van der Waals surface area contributed by atoms with Crippen LogP contribution in [0, 0.1) is 6.07 Å². The normalized spacial score (nSPS) is 15.9. The van der Waals surface area contributed by atoms with Crippen LogP contribution in [0.3, 0.4) is 0 Å². The highest BCUT2D eigenvalue weighted by Gasteiger charge is 2.34. The standard InChI is InChI=1S/C24H29Cl2N2O3S/c1-23(2,3)31-22(29)27-24(4)11-13-28(14-12-24)18-10-9-16(15-19(18)30-5)32-20-8-6-7-17(25)21(20)26/h6-10H,11-14H2,1-5H3,(H,27,29). The van der Waals surface area contributed by atoms with Crippen LogP contribution in [0.15, 0.2) is 40.1 Å². The number of piperidine rings is 1. The zero-order valence-electron chi connectivity index (χ0n) is 19.1. The molecular weight excluding hydrogens is 467 g/mol. The summed E-state index contributed by atoms with van der Waals surface area (Å²) in [5, 5.41) is 4.10. The summed E-state index contributed by atoms with van der Waals surface area (Å²) >= 11 is 13.9. The highest BCUT2D eigenvalue weighted by Crippen LogP contribution is 2.40. The quantitative estimate of drug-likeness (QED) is 0.491. The molecule has 1 aliphatic rings. The first-order valence-corrected chi connectivity index (χ1v) is 12.1. The van der Waals surface area contributed by atoms with E-state index in [1.54, 1.807) is 13.2 Å². The summed E-state index contributed by atoms with van der Waals surface area (Å²) in [6.07, 6.45) is 1.22. The molecule has 0 unspecified atom stereocenters. The molecule has 2 aromatic rings. The van der Waals surface area contributed by atoms with Gasteiger partial charge in [0.15, 0.2) is 5.75 Å². The van der Waals surface area contributed by atoms with Gasteiger partial charge in [0, 0.05) is 34.5 Å². The summed E-state index contributed by atoms with van der Waals surface area (Å²) in [5.41, 5.74) is 0.155. The third kappa shape index (κ3) is 6.40. The monoisotopic (exact) mass is 495 g/mol. The van der Waals surface area contributed by atoms with E-state index in [0.717, 1.165) is 41.4 Å². The molecule has 2 aromatic carbocycles. The summed E-state index contributed by atoms with van der Waals surface area (Å²) in [6.45, 7) is 9.21. The molecular formula is C24H29Cl2N2O3S. The Morgan fingerprint density at radius 1 is 1.19 bits per heavy atom. The molecule has 0 saturated carbocycles. The number of ether oxygens (including phenoxy) is 2. The molecule has 0 atom stereocenters. The molecule has 32 heavy (non-hydrogen) atoms. The Hall–Kier alpha value is -1.76. The highest BCUT2D eigenvalue weighted by molar-refractivity contribution is 7.99. The lowest BCUT2D eigenvalue weighted by atomic mass is 9.89. The Labute approximate surface area is 204 Å². The summed E-state index contributed by atoms with van der Waals surface area (Å²) in [7, 11) is 1.65. The lowest BCUT2D eigenvalue weighted by molar-refractivity contribution is 0.0448. The summed E-state index contributed by atoms with van der Waals surface area (Å²) < 4.78 is 11.1. The van der Waals surface area contributed by atoms with Crippen LogP contribution in [0.5, 0.6) is 5.75 Å². The van der Waals surface area contributed by atoms with Gasteiger partial charge in [-0.2, -0.15) is 0 Å². The first-order chi connectivity index (χ1) is 15.0. The van der Waals surface area contributed by atoms with Crippen molar-refractivity contribution in [2.45, 2.75) is 61.5 Å². The molecule has 0 aromatic heterocycles. The molecule has 173 valence electrons. The second-order valence-corrected chi connectivity index (χ2v) is 10.9. The Balaban J connectivity index is 1.67. The third-order valence-corrected chi connectivity index (χ3v) is 7.16. The number of hydrogen-bond donors (Lipinski definition) is 1. The van der Waals surface area contributed by atoms with Crippen molar-refractivity contribution in [2.75, 3.05) is 25.1 Å². The lowest BCUT2D eigenvalue weighted by Crippen LogP contribution is -2.54. The van der Waals surface area contributed by atoms with Gasteiger partial charge in [0.1, 0.15) is 5.60 Å². The van der Waals surface area contributed by atoms with E-state index in [-0.39, 0.29) is 11.6 Å². The van der Waals surface area contributed by atoms with E-state index in [2.05, 4.69) is 23.2 Å². The van der Waals surface area contributed by atoms with Gasteiger partial charge in [0.05, 0.1) is 22.8 Å². The molecule has 0 aliphatic carbocycles. The van der Waals surface area contributed by atoms with Crippen molar-refractivity contribution in [1.29, 1.82) is 0 Å². The maximum Gasteiger partial charge on any atom is 0.408 e. The van der Waals surface area contributed by atoms with Gasteiger partial charge in [0.25, 0.3) is 0 Å². The maximum absolute atomic E-state index is 12.2. The van der Waals surface area contributed by atoms with Crippen molar-refractivity contribution in [1.82, 2.24) is 5.32 Å². The minimum absolute atomic E-state index is 0.311. The number of hydrogen-bond acceptors (Lipinski definition) is 5. The number of methoxy groups -OCH3 is 1. The van der Waals surface area contributed by atoms with Gasteiger partial charge in [-0.1, -0.05) is 41.0 Å². The van der Waals surface area contributed by atoms with Gasteiger partial charge in [-0.25, -0.2) is 4.79 Å². The minimum Gasteiger partial charge on any atom is -0.494 e. The molecule has 1 aliphatic heterocycles. The van der Waals surface area contributed by atoms with Crippen molar-refractivity contribution >= 4 is 46.7 Å². The smallest absolute Gasteiger partial charge is 0.408 e. The summed E-state index contributed by atoms with van der Waals surface area (Å²) in [4.78, 5) is 16.2. The average molecular weight is 496 g/mol. The first-order valence-electron chi connectivity index (χ1n) is 10.5. The van der Waals surface area contributed by atoms with Crippen LogP contribution in [0.2, 0.25) is 10.0 Å². The van der Waals surface area contributed by atoms with Gasteiger partial charge in [-0.3, -0.25) is 0 Å². The number of carbonyl (C=O) groups is 1. The molecule has 0 bridgehead atoms. The molecule has 8 heteroatoms. The van der Waals surface area contributed by atoms with Gasteiger partial charge < -0.3 is 19.7 Å². The number of rotatable bonds is 5. The van der Waals surface area contributed by atoms with Crippen molar-refractivity contribution in [2.24, 2.45) is 0 Å². The Morgan fingerprint density at radius 3 is 2.50 bits per heavy atom. The maximum atomic E-state index is 12.2. The van der Waals surface area contributed by atoms with Gasteiger partial charge in [-0.05, 0) is 64.8 Å². The predicted octanol–water partition coefficient (Wildman–Crippen LogP) is 6.84. The van der Waals surface area contributed by atoms with Gasteiger partial charge in [-0.15, -0.1) is 0 Å². The summed E-state index contributed by atoms with van der Waals surface area (Å²) in [6, 6.07) is 13.0. The molecule has 1 radical (unpaired) electrons. The van der Waals surface area contributed by atoms with E-state index < -0.39 is 5.60 Å². The number of nitrogens with zero attached hydrogens (tertiary/aromatic N) is 1. The van der Waals surface area contributed by atoms with E-state index in [1.807, 2.05) is 45.0 Å². The van der Waals surface area contributed by atoms with Crippen molar-refractivity contribution in [3.63, 3.8) is 0 Å². The van der Waals surface area contributed by atoms with Crippen LogP contribution >= 0.6 is 35.0 Å². The number of carbonyl (C=O) groups excluding carboxylic acids is 1. The number of benzene rings is 2. The van der Waals surface area contributed by atoms with E-state index in [1.165, 1.54) is 11.8 Å². The fourth-order valence-electron chi connectivity index (χ4n) is 3.51. The molecule has 1 N–H and O–H groups in total. The Kier molecular flexibility index (Phi) is 7.79. The van der Waals surface area contributed by atoms with Crippen LogP contribution in [-0.4, -0.2) is 37.4 Å². The molecule has 0 spiro atoms. The average Bonchev–Trinajstić information content (AvgIpc) is 2.70. The van der Waals surface area contributed by atoms with E-state index >= 15 is 0 Å². The predicted molar refractivity (Wildman–Crippen MR) is 132 cm³/mol. The molecule has 1 heterocycles. The first kappa shape index (κ1) is 24.9. The van der Waals surface area contributed by atoms with Gasteiger partial charge >= 0.3 is 6.09 Å². The van der Waals surface area contributed by atoms with Gasteiger partial charge in [0.2, 0.25) is 0 Å². The zero-order chi connectivity index (χ0) is 23.5. The molecule has 1 saturated heterocycles. The number of anilines is 1. The summed E-state index contributed by atoms with van der Waals surface area (Å²) in [5.74, 6) is 0.678. The van der Waals surface area contributed by atoms with Crippen LogP contribution < -0.4 is 15.0 Å². The molecule has 3 rings (SSSR count). The number of alkyl carbamates (subject to hydrolysis) is 1. The second-order valence-electron chi connectivity index (χ2n) is 9.07. The highest BCUT2D eigenvalue weighted by atomic mass is 35.5. The third-order valence-electron chi connectivity index (χ3n) is 5.21. The van der Waals surface area contributed by atoms with E-state index in [0.29, 0.717) is 15.8 Å². The van der Waals surface area contributed by atoms with Crippen LogP contribution in [0.4, 0.5) is 10.5 Å².